The van der Waals surface area contributed by atoms with Gasteiger partial charge in [-0.2, -0.15) is 0 Å². The summed E-state index contributed by atoms with van der Waals surface area (Å²) in [4.78, 5) is 92.8. The summed E-state index contributed by atoms with van der Waals surface area (Å²) >= 11 is 0. The van der Waals surface area contributed by atoms with Gasteiger partial charge >= 0.3 is 252 Å². The van der Waals surface area contributed by atoms with Gasteiger partial charge < -0.3 is 29.5 Å². The second kappa shape index (κ2) is 37.7. The SMILES string of the molecule is COCCOCCCC(=O)[C@@H](CCC(=O)OB=N)NC(=O)[C@H](CCC(=O)OB=N)CC(=O)[C@@H](Cc1ccccc1)NC(=O)[C@@H](CC(C)=O)Cc1ccc(OCc2ccccc2)cc1.COCCOCCN. The number of rotatable bonds is 37. The van der Waals surface area contributed by atoms with Gasteiger partial charge in [-0.05, 0) is 30.2 Å². The Morgan fingerprint density at radius 2 is 1.11 bits per heavy atom. The zero-order valence-electron chi connectivity index (χ0n) is 41.1. The molecule has 0 unspecified atom stereocenters. The standard InChI is InChI=1S/C45H56B2N4O12.C5H13NO2/c1-31(52)26-36(27-33-15-18-37(19-16-33)61-30-34-12-7-4-8-13-34)45(58)51-39(28-32-10-5-3-6-11-32)41(54)29-35(17-21-42(55)62-46-48)44(57)50-38(20-22-43(56)63-47-49)40(53)14-9-23-60-25-24-59-2;1-7-4-5-8-3-2-6/h3-8,10-13,15-16,18-19,35-36,38-39,48-49H,9,14,17,20-30H2,1-2H3,(H,50,57)(H,51,58);2-6H2,1H3/t35-,36+,38-,39-;/m1./s1. The zero-order chi connectivity index (χ0) is 52.1. The molecule has 0 fully saturated rings. The van der Waals surface area contributed by atoms with Crippen molar-refractivity contribution >= 4 is 55.7 Å². The molecule has 3 rings (SSSR count). The smallest absolute Gasteiger partial charge is 0.489 e. The fourth-order valence-corrected chi connectivity index (χ4v) is 6.95. The van der Waals surface area contributed by atoms with Gasteiger partial charge in [0.2, 0.25) is 0 Å². The maximum atomic E-state index is 14.3. The summed E-state index contributed by atoms with van der Waals surface area (Å²) in [6.45, 7) is 5.18. The fraction of sp³-hybridized carbons (Fsp3) is 0.500. The molecular formula is C50H69B2N5O14. The summed E-state index contributed by atoms with van der Waals surface area (Å²) in [7, 11) is 4.07. The minimum atomic E-state index is -1.22. The Hall–Kier alpha value is -6.12. The number of Topliss-reactive ketones (excluding diaryl/α,β-unsaturated/α-hetero) is 3. The molecule has 0 saturated heterocycles. The summed E-state index contributed by atoms with van der Waals surface area (Å²) in [5.74, 6) is -5.60. The normalized spacial score (nSPS) is 12.2. The van der Waals surface area contributed by atoms with Gasteiger partial charge in [0.25, 0.3) is 0 Å². The van der Waals surface area contributed by atoms with Crippen molar-refractivity contribution in [2.24, 2.45) is 17.6 Å². The topological polar surface area (TPSA) is 282 Å². The molecule has 3 aromatic carbocycles. The predicted molar refractivity (Wildman–Crippen MR) is 263 cm³/mol. The van der Waals surface area contributed by atoms with E-state index in [1.165, 1.54) is 14.0 Å². The molecule has 0 aliphatic carbocycles. The van der Waals surface area contributed by atoms with E-state index in [1.54, 1.807) is 49.6 Å². The minimum Gasteiger partial charge on any atom is -0.489 e. The average molecular weight is 986 g/mol. The van der Waals surface area contributed by atoms with Crippen LogP contribution in [0.15, 0.2) is 84.9 Å². The van der Waals surface area contributed by atoms with E-state index in [0.29, 0.717) is 78.5 Å². The van der Waals surface area contributed by atoms with Gasteiger partial charge in [0.15, 0.2) is 0 Å². The van der Waals surface area contributed by atoms with Crippen molar-refractivity contribution in [1.29, 1.82) is 10.6 Å². The number of benzene rings is 3. The molecule has 0 aliphatic heterocycles. The van der Waals surface area contributed by atoms with Gasteiger partial charge in [-0.25, -0.2) is 0 Å². The first kappa shape index (κ1) is 61.0. The first-order valence-electron chi connectivity index (χ1n) is 23.5. The van der Waals surface area contributed by atoms with Crippen LogP contribution in [0.3, 0.4) is 0 Å². The molecule has 2 amide bonds. The van der Waals surface area contributed by atoms with Gasteiger partial charge in [0.05, 0.1) is 19.8 Å². The summed E-state index contributed by atoms with van der Waals surface area (Å²) < 4.78 is 35.2. The Morgan fingerprint density at radius 1 is 0.577 bits per heavy atom. The van der Waals surface area contributed by atoms with Crippen LogP contribution >= 0.6 is 0 Å². The molecular weight excluding hydrogens is 916 g/mol. The summed E-state index contributed by atoms with van der Waals surface area (Å²) in [6.07, 6.45) is -1.16. The number of ether oxygens (including phenoxy) is 5. The van der Waals surface area contributed by atoms with Crippen LogP contribution in [0.2, 0.25) is 0 Å². The molecule has 4 atom stereocenters. The Kier molecular flexibility index (Phi) is 32.4. The number of carbonyl (C=O) groups is 7. The van der Waals surface area contributed by atoms with Crippen LogP contribution in [-0.2, 0) is 81.3 Å². The van der Waals surface area contributed by atoms with Gasteiger partial charge in [0.1, 0.15) is 18.1 Å². The molecule has 3 aromatic rings. The molecule has 0 aromatic heterocycles. The number of hydrogen-bond acceptors (Lipinski definition) is 17. The molecule has 384 valence electrons. The first-order chi connectivity index (χ1) is 34.3. The molecule has 19 nitrogen and oxygen atoms in total. The van der Waals surface area contributed by atoms with E-state index in [0.717, 1.165) is 11.1 Å². The van der Waals surface area contributed by atoms with E-state index < -0.39 is 65.7 Å². The predicted octanol–water partition coefficient (Wildman–Crippen LogP) is 4.22. The first-order valence-corrected chi connectivity index (χ1v) is 23.5. The van der Waals surface area contributed by atoms with E-state index >= 15 is 0 Å². The third kappa shape index (κ3) is 27.8. The molecule has 0 radical (unpaired) electrons. The Balaban J connectivity index is 0.00000198. The number of nitrogens with one attached hydrogen (secondary N) is 4. The Bertz CT molecular complexity index is 2060. The van der Waals surface area contributed by atoms with Crippen molar-refractivity contribution in [3.63, 3.8) is 0 Å². The third-order valence-corrected chi connectivity index (χ3v) is 10.6. The Morgan fingerprint density at radius 3 is 1.68 bits per heavy atom. The molecule has 0 heterocycles. The van der Waals surface area contributed by atoms with E-state index in [9.17, 15) is 33.6 Å². The third-order valence-electron chi connectivity index (χ3n) is 10.6. The van der Waals surface area contributed by atoms with Crippen LogP contribution in [0, 0.1) is 22.5 Å². The molecule has 0 saturated carbocycles. The molecule has 0 spiro atoms. The quantitative estimate of drug-likeness (QED) is 0.0400. The van der Waals surface area contributed by atoms with E-state index in [-0.39, 0.29) is 63.8 Å². The monoisotopic (exact) mass is 986 g/mol. The second-order valence-corrected chi connectivity index (χ2v) is 16.3. The maximum absolute atomic E-state index is 14.3. The summed E-state index contributed by atoms with van der Waals surface area (Å²) in [5, 5.41) is 19.7. The average Bonchev–Trinajstić information content (AvgIpc) is 3.36. The van der Waals surface area contributed by atoms with Crippen molar-refractivity contribution in [2.45, 2.75) is 89.8 Å². The van der Waals surface area contributed by atoms with Gasteiger partial charge in [-0.15, -0.1) is 0 Å². The van der Waals surface area contributed by atoms with Gasteiger partial charge in [0, 0.05) is 20.8 Å². The molecule has 0 bridgehead atoms. The number of ketones is 3. The second-order valence-electron chi connectivity index (χ2n) is 16.3. The molecule has 6 N–H and O–H groups in total. The number of nitrogens with two attached hydrogens (primary N) is 1. The Labute approximate surface area is 417 Å². The van der Waals surface area contributed by atoms with Crippen LogP contribution in [0.25, 0.3) is 0 Å². The zero-order valence-corrected chi connectivity index (χ0v) is 41.1. The van der Waals surface area contributed by atoms with Crippen LogP contribution in [0.4, 0.5) is 0 Å². The molecule has 71 heavy (non-hydrogen) atoms. The van der Waals surface area contributed by atoms with E-state index in [4.69, 9.17) is 40.0 Å². The van der Waals surface area contributed by atoms with Crippen LogP contribution in [0.1, 0.15) is 75.0 Å². The molecule has 21 heteroatoms. The number of methoxy groups -OCH3 is 2. The van der Waals surface area contributed by atoms with Crippen molar-refractivity contribution in [1.82, 2.24) is 10.6 Å². The minimum absolute atomic E-state index is 0.0222. The number of hydrogen-bond donors (Lipinski definition) is 5. The number of carbonyl (C=O) groups excluding carboxylic acids is 7. The summed E-state index contributed by atoms with van der Waals surface area (Å²) in [6, 6.07) is 23.4. The van der Waals surface area contributed by atoms with Crippen LogP contribution in [-0.4, -0.2) is 128 Å². The van der Waals surface area contributed by atoms with Crippen molar-refractivity contribution < 1.29 is 66.6 Å². The van der Waals surface area contributed by atoms with E-state index in [1.807, 2.05) is 42.5 Å². The summed E-state index contributed by atoms with van der Waals surface area (Å²) in [5.41, 5.74) is 7.61. The van der Waals surface area contributed by atoms with Gasteiger partial charge in [-0.1, -0.05) is 48.5 Å². The molecule has 0 aliphatic rings. The fourth-order valence-electron chi connectivity index (χ4n) is 6.95. The van der Waals surface area contributed by atoms with Crippen LogP contribution in [0.5, 0.6) is 5.75 Å². The van der Waals surface area contributed by atoms with Gasteiger partial charge in [-0.3, -0.25) is 0 Å². The van der Waals surface area contributed by atoms with Crippen molar-refractivity contribution in [3.8, 4) is 5.75 Å². The van der Waals surface area contributed by atoms with Crippen molar-refractivity contribution in [2.75, 3.05) is 60.4 Å². The van der Waals surface area contributed by atoms with Crippen molar-refractivity contribution in [3.05, 3.63) is 102 Å². The van der Waals surface area contributed by atoms with Crippen LogP contribution < -0.4 is 21.1 Å². The van der Waals surface area contributed by atoms with E-state index in [2.05, 4.69) is 19.9 Å². The number of amides is 2.